The number of H-pyrrole nitrogens is 1. The number of benzene rings is 3. The fourth-order valence-corrected chi connectivity index (χ4v) is 5.16. The van der Waals surface area contributed by atoms with Crippen molar-refractivity contribution < 1.29 is 37.0 Å². The molecule has 4 N–H and O–H groups in total. The first kappa shape index (κ1) is 29.0. The second kappa shape index (κ2) is 11.4. The van der Waals surface area contributed by atoms with Gasteiger partial charge in [-0.1, -0.05) is 18.2 Å². The van der Waals surface area contributed by atoms with Gasteiger partial charge in [-0.15, -0.1) is 0 Å². The zero-order chi connectivity index (χ0) is 30.1. The highest BCUT2D eigenvalue weighted by atomic mass is 19.4. The van der Waals surface area contributed by atoms with Crippen LogP contribution in [0.1, 0.15) is 43.8 Å². The van der Waals surface area contributed by atoms with Crippen molar-refractivity contribution in [3.8, 4) is 16.9 Å². The summed E-state index contributed by atoms with van der Waals surface area (Å²) in [6.45, 7) is -0.221. The second-order valence-electron chi connectivity index (χ2n) is 9.98. The van der Waals surface area contributed by atoms with Gasteiger partial charge in [-0.05, 0) is 53.6 Å². The minimum Gasteiger partial charge on any atom is -0.496 e. The number of aliphatic hydroxyl groups is 1. The lowest BCUT2D eigenvalue weighted by molar-refractivity contribution is -0.137. The van der Waals surface area contributed by atoms with Gasteiger partial charge in [0.25, 0.3) is 5.91 Å². The number of ketones is 1. The number of alkyl halides is 3. The molecule has 0 saturated carbocycles. The van der Waals surface area contributed by atoms with Crippen LogP contribution in [0.25, 0.3) is 11.1 Å². The first-order valence-corrected chi connectivity index (χ1v) is 12.9. The third-order valence-electron chi connectivity index (χ3n) is 7.20. The molecule has 12 heteroatoms. The second-order valence-corrected chi connectivity index (χ2v) is 9.98. The minimum atomic E-state index is -4.74. The lowest BCUT2D eigenvalue weighted by atomic mass is 9.80. The Labute approximate surface area is 237 Å². The number of β-amino-alcohol motifs (C(OH)–C–C–N with tert-alkyl or cyclic N) is 1. The maximum atomic E-state index is 14.0. The Kier molecular flexibility index (Phi) is 7.85. The molecule has 42 heavy (non-hydrogen) atoms. The molecule has 8 nitrogen and oxygen atoms in total. The van der Waals surface area contributed by atoms with Gasteiger partial charge in [-0.25, -0.2) is 4.39 Å². The van der Waals surface area contributed by atoms with Crippen LogP contribution in [0.4, 0.5) is 17.6 Å². The average Bonchev–Trinajstić information content (AvgIpc) is 3.65. The Hall–Kier alpha value is -4.55. The van der Waals surface area contributed by atoms with Crippen LogP contribution in [0.3, 0.4) is 0 Å². The Morgan fingerprint density at radius 2 is 1.93 bits per heavy atom. The molecule has 218 valence electrons. The van der Waals surface area contributed by atoms with E-state index in [1.807, 2.05) is 0 Å². The molecule has 5 rings (SSSR count). The fourth-order valence-electron chi connectivity index (χ4n) is 5.16. The van der Waals surface area contributed by atoms with Gasteiger partial charge in [0.15, 0.2) is 5.78 Å². The minimum absolute atomic E-state index is 0.0339. The number of halogens is 4. The number of aromatic amines is 1. The molecule has 1 fully saturated rings. The Morgan fingerprint density at radius 3 is 2.60 bits per heavy atom. The molecule has 1 amide bonds. The zero-order valence-electron chi connectivity index (χ0n) is 22.3. The van der Waals surface area contributed by atoms with Gasteiger partial charge in [0.05, 0.1) is 25.0 Å². The quantitative estimate of drug-likeness (QED) is 0.178. The van der Waals surface area contributed by atoms with Crippen LogP contribution in [0.2, 0.25) is 0 Å². The molecule has 1 aromatic heterocycles. The Bertz CT molecular complexity index is 1620. The molecule has 4 aromatic rings. The van der Waals surface area contributed by atoms with Crippen LogP contribution < -0.4 is 15.4 Å². The van der Waals surface area contributed by atoms with Gasteiger partial charge in [0, 0.05) is 48.0 Å². The summed E-state index contributed by atoms with van der Waals surface area (Å²) in [5, 5.41) is 22.8. The van der Waals surface area contributed by atoms with Crippen LogP contribution in [-0.4, -0.2) is 46.8 Å². The fraction of sp³-hybridized carbons (Fsp3) is 0.233. The van der Waals surface area contributed by atoms with Crippen LogP contribution in [0, 0.1) is 5.82 Å². The highest BCUT2D eigenvalue weighted by Crippen LogP contribution is 2.38. The van der Waals surface area contributed by atoms with Crippen LogP contribution in [-0.2, 0) is 18.3 Å². The van der Waals surface area contributed by atoms with Gasteiger partial charge < -0.3 is 15.2 Å². The van der Waals surface area contributed by atoms with Gasteiger partial charge in [-0.3, -0.25) is 20.0 Å². The van der Waals surface area contributed by atoms with Crippen molar-refractivity contribution in [3.63, 3.8) is 0 Å². The molecular weight excluding hydrogens is 556 g/mol. The number of nitrogens with one attached hydrogen (secondary N) is 3. The summed E-state index contributed by atoms with van der Waals surface area (Å²) >= 11 is 0. The first-order chi connectivity index (χ1) is 20.0. The third kappa shape index (κ3) is 5.76. The van der Waals surface area contributed by atoms with Crippen LogP contribution >= 0.6 is 0 Å². The molecule has 1 saturated heterocycles. The number of hydrogen-bond donors (Lipinski definition) is 4. The highest BCUT2D eigenvalue weighted by Gasteiger charge is 2.46. The first-order valence-electron chi connectivity index (χ1n) is 12.9. The topological polar surface area (TPSA) is 116 Å². The maximum absolute atomic E-state index is 14.0. The number of rotatable bonds is 8. The van der Waals surface area contributed by atoms with Gasteiger partial charge in [-0.2, -0.15) is 18.3 Å². The molecule has 2 heterocycles. The SMILES string of the molecule is COc1cc(C(=O)[C@]2(c3cccc(C(=O)NCc4cc(F)cc(C(F)(F)F)c4)c3)CC(O)CN2)ccc1-c1cn[nH]c1. The van der Waals surface area contributed by atoms with Crippen LogP contribution in [0.5, 0.6) is 5.75 Å². The highest BCUT2D eigenvalue weighted by molar-refractivity contribution is 6.05. The van der Waals surface area contributed by atoms with E-state index in [1.165, 1.54) is 19.2 Å². The Morgan fingerprint density at radius 1 is 1.12 bits per heavy atom. The zero-order valence-corrected chi connectivity index (χ0v) is 22.3. The number of ether oxygens (including phenoxy) is 1. The van der Waals surface area contributed by atoms with E-state index >= 15 is 0 Å². The van der Waals surface area contributed by atoms with Gasteiger partial charge in [0.2, 0.25) is 0 Å². The van der Waals surface area contributed by atoms with Crippen molar-refractivity contribution in [3.05, 3.63) is 107 Å². The summed E-state index contributed by atoms with van der Waals surface area (Å²) in [4.78, 5) is 27.0. The summed E-state index contributed by atoms with van der Waals surface area (Å²) in [5.41, 5.74) is -0.259. The molecule has 1 aliphatic rings. The number of aromatic nitrogens is 2. The summed E-state index contributed by atoms with van der Waals surface area (Å²) < 4.78 is 58.5. The molecule has 0 aliphatic carbocycles. The van der Waals surface area contributed by atoms with E-state index in [2.05, 4.69) is 20.8 Å². The lowest BCUT2D eigenvalue weighted by Crippen LogP contribution is -2.45. The number of Topliss-reactive ketones (excluding diaryl/α,β-unsaturated/α-hetero) is 1. The Balaban J connectivity index is 1.42. The predicted molar refractivity (Wildman–Crippen MR) is 144 cm³/mol. The maximum Gasteiger partial charge on any atom is 0.416 e. The molecule has 3 aromatic carbocycles. The lowest BCUT2D eigenvalue weighted by Gasteiger charge is -2.29. The number of amides is 1. The molecule has 0 bridgehead atoms. The number of aliphatic hydroxyl groups excluding tert-OH is 1. The molecular formula is C30H26F4N4O4. The number of carbonyl (C=O) groups is 2. The number of carbonyl (C=O) groups excluding carboxylic acids is 2. The van der Waals surface area contributed by atoms with E-state index in [4.69, 9.17) is 4.74 Å². The van der Waals surface area contributed by atoms with Crippen molar-refractivity contribution in [2.45, 2.75) is 30.8 Å². The molecule has 0 radical (unpaired) electrons. The number of hydrogen-bond acceptors (Lipinski definition) is 6. The largest absolute Gasteiger partial charge is 0.496 e. The summed E-state index contributed by atoms with van der Waals surface area (Å²) in [5.74, 6) is -1.62. The van der Waals surface area contributed by atoms with Crippen molar-refractivity contribution in [2.24, 2.45) is 0 Å². The van der Waals surface area contributed by atoms with Crippen molar-refractivity contribution in [2.75, 3.05) is 13.7 Å². The molecule has 2 atom stereocenters. The molecule has 0 spiro atoms. The predicted octanol–water partition coefficient (Wildman–Crippen LogP) is 4.61. The standard InChI is InChI=1S/C30H26F4N4O4/c1-42-26-10-18(5-6-25(26)20-14-37-38-15-20)27(40)29(12-24(39)16-36-29)21-4-2-3-19(9-21)28(41)35-13-17-7-22(30(32,33)34)11-23(31)8-17/h2-11,14-15,24,36,39H,12-13,16H2,1H3,(H,35,41)(H,37,38)/t24?,29-/m1/s1. The number of nitrogens with zero attached hydrogens (tertiary/aromatic N) is 1. The third-order valence-corrected chi connectivity index (χ3v) is 7.20. The number of methoxy groups -OCH3 is 1. The molecule has 1 aliphatic heterocycles. The van der Waals surface area contributed by atoms with E-state index in [-0.39, 0.29) is 36.4 Å². The van der Waals surface area contributed by atoms with Crippen molar-refractivity contribution in [1.29, 1.82) is 0 Å². The van der Waals surface area contributed by atoms with E-state index < -0.39 is 35.1 Å². The monoisotopic (exact) mass is 582 g/mol. The normalized spacial score (nSPS) is 18.6. The van der Waals surface area contributed by atoms with Crippen LogP contribution in [0.15, 0.2) is 73.1 Å². The van der Waals surface area contributed by atoms with E-state index in [9.17, 15) is 32.3 Å². The summed E-state index contributed by atoms with van der Waals surface area (Å²) in [6.07, 6.45) is -2.23. The van der Waals surface area contributed by atoms with Crippen molar-refractivity contribution in [1.82, 2.24) is 20.8 Å². The van der Waals surface area contributed by atoms with E-state index in [1.54, 1.807) is 42.7 Å². The smallest absolute Gasteiger partial charge is 0.416 e. The van der Waals surface area contributed by atoms with Gasteiger partial charge in [0.1, 0.15) is 17.1 Å². The van der Waals surface area contributed by atoms with E-state index in [0.717, 1.165) is 23.3 Å². The van der Waals surface area contributed by atoms with E-state index in [0.29, 0.717) is 22.9 Å². The summed E-state index contributed by atoms with van der Waals surface area (Å²) in [7, 11) is 1.48. The molecule has 1 unspecified atom stereocenters. The van der Waals surface area contributed by atoms with Crippen molar-refractivity contribution >= 4 is 11.7 Å². The summed E-state index contributed by atoms with van der Waals surface area (Å²) in [6, 6.07) is 13.2. The average molecular weight is 583 g/mol. The van der Waals surface area contributed by atoms with Gasteiger partial charge >= 0.3 is 6.18 Å².